The van der Waals surface area contributed by atoms with Crippen molar-refractivity contribution >= 4 is 5.91 Å². The van der Waals surface area contributed by atoms with Gasteiger partial charge >= 0.3 is 0 Å². The maximum absolute atomic E-state index is 13.5. The van der Waals surface area contributed by atoms with E-state index in [4.69, 9.17) is 0 Å². The fourth-order valence-electron chi connectivity index (χ4n) is 4.49. The monoisotopic (exact) mass is 483 g/mol. The highest BCUT2D eigenvalue weighted by Crippen LogP contribution is 2.28. The van der Waals surface area contributed by atoms with Gasteiger partial charge in [-0.15, -0.1) is 5.01 Å². The van der Waals surface area contributed by atoms with Crippen LogP contribution >= 0.6 is 0 Å². The summed E-state index contributed by atoms with van der Waals surface area (Å²) in [5.74, 6) is -0.499. The molecule has 0 saturated carbocycles. The number of amides is 1. The van der Waals surface area contributed by atoms with Crippen LogP contribution in [0.5, 0.6) is 0 Å². The first-order chi connectivity index (χ1) is 17.4. The van der Waals surface area contributed by atoms with E-state index < -0.39 is 24.0 Å². The zero-order chi connectivity index (χ0) is 25.1. The molecule has 4 N–H and O–H groups in total. The van der Waals surface area contributed by atoms with Gasteiger partial charge in [0.15, 0.2) is 6.35 Å². The molecular formula is C28H29N5O3. The predicted octanol–water partition coefficient (Wildman–Crippen LogP) is 3.08. The molecule has 36 heavy (non-hydrogen) atoms. The van der Waals surface area contributed by atoms with Gasteiger partial charge in [-0.3, -0.25) is 15.5 Å². The van der Waals surface area contributed by atoms with E-state index in [-0.39, 0.29) is 5.69 Å². The largest absolute Gasteiger partial charge is 0.375 e. The maximum Gasteiger partial charge on any atom is 0.284 e. The van der Waals surface area contributed by atoms with Gasteiger partial charge in [0.1, 0.15) is 11.9 Å². The molecule has 0 bridgehead atoms. The van der Waals surface area contributed by atoms with Crippen LogP contribution in [0.15, 0.2) is 97.1 Å². The molecule has 3 atom stereocenters. The lowest BCUT2D eigenvalue weighted by Gasteiger charge is -2.30. The number of hydrogen-bond acceptors (Lipinski definition) is 6. The van der Waals surface area contributed by atoms with E-state index in [9.17, 15) is 15.0 Å². The topological polar surface area (TPSA) is 103 Å². The third-order valence-corrected chi connectivity index (χ3v) is 6.57. The molecule has 8 nitrogen and oxygen atoms in total. The summed E-state index contributed by atoms with van der Waals surface area (Å²) in [6.07, 6.45) is -1.15. The number of aliphatic hydroxyl groups is 2. The van der Waals surface area contributed by atoms with Crippen LogP contribution in [-0.4, -0.2) is 49.0 Å². The second kappa shape index (κ2) is 10.0. The number of hydrazine groups is 1. The van der Waals surface area contributed by atoms with Crippen molar-refractivity contribution in [3.63, 3.8) is 0 Å². The summed E-state index contributed by atoms with van der Waals surface area (Å²) in [6, 6.07) is 30.6. The lowest BCUT2D eigenvalue weighted by molar-refractivity contribution is -0.0921. The predicted molar refractivity (Wildman–Crippen MR) is 137 cm³/mol. The Kier molecular flexibility index (Phi) is 6.67. The van der Waals surface area contributed by atoms with E-state index in [0.717, 1.165) is 21.8 Å². The number of nitrogens with zero attached hydrogens (tertiary/aromatic N) is 3. The first-order valence-electron chi connectivity index (χ1n) is 11.9. The van der Waals surface area contributed by atoms with Gasteiger partial charge in [-0.2, -0.15) is 5.10 Å². The molecular weight excluding hydrogens is 454 g/mol. The van der Waals surface area contributed by atoms with E-state index in [2.05, 4.69) is 15.8 Å². The average Bonchev–Trinajstić information content (AvgIpc) is 3.45. The van der Waals surface area contributed by atoms with Gasteiger partial charge in [0, 0.05) is 5.56 Å². The third-order valence-electron chi connectivity index (χ3n) is 6.57. The Balaban J connectivity index is 1.38. The summed E-state index contributed by atoms with van der Waals surface area (Å²) in [4.78, 5) is 13.5. The van der Waals surface area contributed by atoms with Crippen LogP contribution in [-0.2, 0) is 6.42 Å². The summed E-state index contributed by atoms with van der Waals surface area (Å²) in [5.41, 5.74) is 5.49. The fraction of sp³-hybridized carbons (Fsp3) is 0.214. The van der Waals surface area contributed by atoms with E-state index in [1.807, 2.05) is 97.9 Å². The molecule has 1 amide bonds. The lowest BCUT2D eigenvalue weighted by atomic mass is 9.92. The molecule has 4 aromatic rings. The van der Waals surface area contributed by atoms with Gasteiger partial charge in [0.2, 0.25) is 0 Å². The van der Waals surface area contributed by atoms with Crippen molar-refractivity contribution < 1.29 is 15.0 Å². The normalized spacial score (nSPS) is 22.0. The Morgan fingerprint density at radius 3 is 2.25 bits per heavy atom. The first kappa shape index (κ1) is 23.9. The van der Waals surface area contributed by atoms with E-state index >= 15 is 0 Å². The number of rotatable bonds is 7. The SMILES string of the molecule is CC1(CCc2ccccc2)NC(O)N(NC(=O)c2cc(-c3ccccc3)nn2-c2ccccc2)C1O. The zero-order valence-corrected chi connectivity index (χ0v) is 20.0. The van der Waals surface area contributed by atoms with Crippen LogP contribution in [0.25, 0.3) is 16.9 Å². The van der Waals surface area contributed by atoms with Crippen LogP contribution in [0, 0.1) is 0 Å². The molecule has 1 aliphatic heterocycles. The molecule has 5 rings (SSSR count). The molecule has 1 saturated heterocycles. The number of aryl methyl sites for hydroxylation is 1. The first-order valence-corrected chi connectivity index (χ1v) is 11.9. The van der Waals surface area contributed by atoms with Gasteiger partial charge in [0.05, 0.1) is 16.9 Å². The number of para-hydroxylation sites is 1. The van der Waals surface area contributed by atoms with Crippen LogP contribution in [0.1, 0.15) is 29.4 Å². The third kappa shape index (κ3) is 4.80. The highest BCUT2D eigenvalue weighted by atomic mass is 16.4. The number of aliphatic hydroxyl groups excluding tert-OH is 2. The summed E-state index contributed by atoms with van der Waals surface area (Å²) in [5, 5.41) is 30.6. The molecule has 1 aliphatic rings. The van der Waals surface area contributed by atoms with Gasteiger partial charge in [0.25, 0.3) is 5.91 Å². The smallest absolute Gasteiger partial charge is 0.284 e. The van der Waals surface area contributed by atoms with Gasteiger partial charge < -0.3 is 10.2 Å². The fourth-order valence-corrected chi connectivity index (χ4v) is 4.49. The highest BCUT2D eigenvalue weighted by molar-refractivity contribution is 5.94. The van der Waals surface area contributed by atoms with Crippen molar-refractivity contribution in [3.8, 4) is 16.9 Å². The van der Waals surface area contributed by atoms with Gasteiger partial charge in [-0.25, -0.2) is 4.68 Å². The Hall–Kier alpha value is -3.82. The molecule has 0 aliphatic carbocycles. The van der Waals surface area contributed by atoms with Crippen molar-refractivity contribution in [1.82, 2.24) is 25.5 Å². The van der Waals surface area contributed by atoms with Crippen LogP contribution in [0.4, 0.5) is 0 Å². The number of benzene rings is 3. The minimum Gasteiger partial charge on any atom is -0.375 e. The van der Waals surface area contributed by atoms with Crippen molar-refractivity contribution in [2.75, 3.05) is 0 Å². The van der Waals surface area contributed by atoms with Gasteiger partial charge in [-0.1, -0.05) is 78.9 Å². The quantitative estimate of drug-likeness (QED) is 0.322. The van der Waals surface area contributed by atoms with Crippen molar-refractivity contribution in [1.29, 1.82) is 0 Å². The maximum atomic E-state index is 13.5. The zero-order valence-electron chi connectivity index (χ0n) is 20.0. The minimum absolute atomic E-state index is 0.275. The van der Waals surface area contributed by atoms with Crippen LogP contribution in [0.3, 0.4) is 0 Å². The molecule has 3 aromatic carbocycles. The second-order valence-corrected chi connectivity index (χ2v) is 9.17. The second-order valence-electron chi connectivity index (χ2n) is 9.17. The number of aromatic nitrogens is 2. The molecule has 8 heteroatoms. The Morgan fingerprint density at radius 1 is 0.972 bits per heavy atom. The van der Waals surface area contributed by atoms with Crippen LogP contribution < -0.4 is 10.7 Å². The summed E-state index contributed by atoms with van der Waals surface area (Å²) < 4.78 is 1.56. The summed E-state index contributed by atoms with van der Waals surface area (Å²) >= 11 is 0. The average molecular weight is 484 g/mol. The summed E-state index contributed by atoms with van der Waals surface area (Å²) in [7, 11) is 0. The number of nitrogens with one attached hydrogen (secondary N) is 2. The molecule has 3 unspecified atom stereocenters. The van der Waals surface area contributed by atoms with Crippen LogP contribution in [0.2, 0.25) is 0 Å². The Labute approximate surface area is 209 Å². The van der Waals surface area contributed by atoms with E-state index in [0.29, 0.717) is 18.5 Å². The Bertz CT molecular complexity index is 1310. The minimum atomic E-state index is -1.26. The molecule has 2 heterocycles. The van der Waals surface area contributed by atoms with E-state index in [1.165, 1.54) is 0 Å². The van der Waals surface area contributed by atoms with E-state index in [1.54, 1.807) is 10.7 Å². The molecule has 0 radical (unpaired) electrons. The highest BCUT2D eigenvalue weighted by Gasteiger charge is 2.48. The lowest BCUT2D eigenvalue weighted by Crippen LogP contribution is -2.53. The molecule has 1 fully saturated rings. The van der Waals surface area contributed by atoms with Crippen molar-refractivity contribution in [2.45, 2.75) is 37.9 Å². The number of hydrogen-bond donors (Lipinski definition) is 4. The standard InChI is InChI=1S/C28H29N5O3/c1-28(18-17-20-11-5-2-6-12-20)26(35)33(27(36)29-28)31-25(34)24-19-23(21-13-7-3-8-14-21)30-32(24)22-15-9-4-10-16-22/h2-16,19,26-27,29,35-36H,17-18H2,1H3,(H,31,34). The summed E-state index contributed by atoms with van der Waals surface area (Å²) in [6.45, 7) is 1.83. The number of carbonyl (C=O) groups is 1. The molecule has 184 valence electrons. The Morgan fingerprint density at radius 2 is 1.58 bits per heavy atom. The van der Waals surface area contributed by atoms with Crippen molar-refractivity contribution in [3.05, 3.63) is 108 Å². The van der Waals surface area contributed by atoms with Crippen molar-refractivity contribution in [2.24, 2.45) is 0 Å². The molecule has 1 aromatic heterocycles. The molecule has 0 spiro atoms. The number of carbonyl (C=O) groups excluding carboxylic acids is 1. The van der Waals surface area contributed by atoms with Gasteiger partial charge in [-0.05, 0) is 43.5 Å².